The van der Waals surface area contributed by atoms with Crippen LogP contribution in [0.2, 0.25) is 0 Å². The lowest BCUT2D eigenvalue weighted by molar-refractivity contribution is -0.131. The van der Waals surface area contributed by atoms with Crippen LogP contribution in [0.4, 0.5) is 4.79 Å². The summed E-state index contributed by atoms with van der Waals surface area (Å²) in [5.41, 5.74) is 0.0170. The topological polar surface area (TPSA) is 111 Å². The van der Waals surface area contributed by atoms with E-state index in [1.807, 2.05) is 13.8 Å². The Morgan fingerprint density at radius 2 is 1.93 bits per heavy atom. The van der Waals surface area contributed by atoms with Crippen molar-refractivity contribution in [3.8, 4) is 0 Å². The van der Waals surface area contributed by atoms with Crippen LogP contribution in [0.15, 0.2) is 11.1 Å². The lowest BCUT2D eigenvalue weighted by Crippen LogP contribution is -2.36. The van der Waals surface area contributed by atoms with Crippen molar-refractivity contribution in [1.82, 2.24) is 19.8 Å². The molecule has 0 saturated heterocycles. The second-order valence-corrected chi connectivity index (χ2v) is 6.65. The second-order valence-electron chi connectivity index (χ2n) is 5.65. The molecule has 0 aliphatic carbocycles. The fraction of sp³-hybridized carbons (Fsp3) is 0.471. The average molecular weight is 394 g/mol. The summed E-state index contributed by atoms with van der Waals surface area (Å²) in [7, 11) is 0. The maximum Gasteiger partial charge on any atom is 0.414 e. The van der Waals surface area contributed by atoms with Crippen molar-refractivity contribution >= 4 is 39.5 Å². The van der Waals surface area contributed by atoms with E-state index >= 15 is 0 Å². The van der Waals surface area contributed by atoms with Gasteiger partial charge < -0.3 is 9.64 Å². The Morgan fingerprint density at radius 3 is 2.52 bits per heavy atom. The van der Waals surface area contributed by atoms with Crippen molar-refractivity contribution < 1.29 is 19.1 Å². The number of amides is 3. The zero-order chi connectivity index (χ0) is 20.1. The number of aromatic nitrogens is 2. The van der Waals surface area contributed by atoms with Crippen molar-refractivity contribution in [1.29, 1.82) is 0 Å². The monoisotopic (exact) mass is 394 g/mol. The number of rotatable bonds is 6. The van der Waals surface area contributed by atoms with Crippen LogP contribution in [-0.2, 0) is 16.1 Å². The number of thiophene rings is 1. The van der Waals surface area contributed by atoms with Crippen LogP contribution in [-0.4, -0.2) is 52.1 Å². The molecule has 146 valence electrons. The minimum Gasteiger partial charge on any atom is -0.450 e. The van der Waals surface area contributed by atoms with Gasteiger partial charge in [-0.05, 0) is 33.3 Å². The summed E-state index contributed by atoms with van der Waals surface area (Å²) in [6.07, 6.45) is 0.448. The normalized spacial score (nSPS) is 10.7. The molecule has 2 heterocycles. The first-order valence-electron chi connectivity index (χ1n) is 8.58. The predicted octanol–water partition coefficient (Wildman–Crippen LogP) is 1.52. The summed E-state index contributed by atoms with van der Waals surface area (Å²) >= 11 is 1.01. The molecule has 2 rings (SSSR count). The van der Waals surface area contributed by atoms with E-state index in [1.54, 1.807) is 18.7 Å². The zero-order valence-electron chi connectivity index (χ0n) is 15.7. The fourth-order valence-electron chi connectivity index (χ4n) is 2.63. The molecule has 0 fully saturated rings. The molecular formula is C17H22N4O5S. The van der Waals surface area contributed by atoms with E-state index < -0.39 is 17.6 Å². The number of carbonyl (C=O) groups is 3. The van der Waals surface area contributed by atoms with Crippen molar-refractivity contribution in [2.45, 2.75) is 34.2 Å². The third-order valence-corrected chi connectivity index (χ3v) is 5.23. The highest BCUT2D eigenvalue weighted by Crippen LogP contribution is 2.26. The highest BCUT2D eigenvalue weighted by molar-refractivity contribution is 7.20. The van der Waals surface area contributed by atoms with E-state index in [0.717, 1.165) is 11.3 Å². The standard InChI is InChI=1S/C17H22N4O5S/c1-5-20(6-2)11(22)8-21-9-18-15-12(16(21)24)10(4)13(27-15)14(23)19-17(25)26-7-3/h9H,5-8H2,1-4H3,(H,19,23,25). The van der Waals surface area contributed by atoms with E-state index in [0.29, 0.717) is 23.5 Å². The Balaban J connectivity index is 2.37. The molecule has 0 atom stereocenters. The molecular weight excluding hydrogens is 372 g/mol. The highest BCUT2D eigenvalue weighted by Gasteiger charge is 2.22. The molecule has 0 unspecified atom stereocenters. The number of nitrogens with zero attached hydrogens (tertiary/aromatic N) is 3. The van der Waals surface area contributed by atoms with Crippen LogP contribution in [0, 0.1) is 6.92 Å². The lowest BCUT2D eigenvalue weighted by Gasteiger charge is -2.18. The minimum absolute atomic E-state index is 0.122. The Hall–Kier alpha value is -2.75. The number of nitrogens with one attached hydrogen (secondary N) is 1. The molecule has 1 N–H and O–H groups in total. The van der Waals surface area contributed by atoms with Crippen LogP contribution >= 0.6 is 11.3 Å². The molecule has 9 nitrogen and oxygen atoms in total. The molecule has 2 aromatic heterocycles. The van der Waals surface area contributed by atoms with E-state index in [-0.39, 0.29) is 29.3 Å². The van der Waals surface area contributed by atoms with E-state index in [2.05, 4.69) is 15.0 Å². The minimum atomic E-state index is -0.852. The van der Waals surface area contributed by atoms with Gasteiger partial charge >= 0.3 is 6.09 Å². The first-order valence-corrected chi connectivity index (χ1v) is 9.39. The Morgan fingerprint density at radius 1 is 1.26 bits per heavy atom. The molecule has 0 spiro atoms. The molecule has 0 aliphatic rings. The van der Waals surface area contributed by atoms with Gasteiger partial charge in [-0.25, -0.2) is 9.78 Å². The molecule has 0 saturated carbocycles. The largest absolute Gasteiger partial charge is 0.450 e. The Bertz CT molecular complexity index is 929. The van der Waals surface area contributed by atoms with Gasteiger partial charge in [0.15, 0.2) is 0 Å². The maximum absolute atomic E-state index is 12.8. The number of hydrogen-bond donors (Lipinski definition) is 1. The Kier molecular flexibility index (Phi) is 6.67. The first-order chi connectivity index (χ1) is 12.8. The van der Waals surface area contributed by atoms with Crippen LogP contribution in [0.3, 0.4) is 0 Å². The fourth-order valence-corrected chi connectivity index (χ4v) is 3.66. The van der Waals surface area contributed by atoms with Crippen LogP contribution in [0.1, 0.15) is 36.0 Å². The van der Waals surface area contributed by atoms with Crippen molar-refractivity contribution in [2.24, 2.45) is 0 Å². The molecule has 0 radical (unpaired) electrons. The van der Waals surface area contributed by atoms with Gasteiger partial charge in [0.1, 0.15) is 11.4 Å². The number of ether oxygens (including phenoxy) is 1. The zero-order valence-corrected chi connectivity index (χ0v) is 16.5. The van der Waals surface area contributed by atoms with Gasteiger partial charge in [-0.15, -0.1) is 11.3 Å². The lowest BCUT2D eigenvalue weighted by atomic mass is 10.2. The molecule has 0 aromatic carbocycles. The van der Waals surface area contributed by atoms with Gasteiger partial charge in [-0.3, -0.25) is 24.3 Å². The van der Waals surface area contributed by atoms with E-state index in [1.165, 1.54) is 10.9 Å². The van der Waals surface area contributed by atoms with Crippen LogP contribution in [0.25, 0.3) is 10.2 Å². The molecule has 27 heavy (non-hydrogen) atoms. The SMILES string of the molecule is CCOC(=O)NC(=O)c1sc2ncn(CC(=O)N(CC)CC)c(=O)c2c1C. The second kappa shape index (κ2) is 8.76. The summed E-state index contributed by atoms with van der Waals surface area (Å²) in [5.74, 6) is -0.837. The number of hydrogen-bond acceptors (Lipinski definition) is 7. The number of alkyl carbamates (subject to hydrolysis) is 1. The third kappa shape index (κ3) is 4.33. The van der Waals surface area contributed by atoms with Gasteiger partial charge in [0.25, 0.3) is 11.5 Å². The smallest absolute Gasteiger partial charge is 0.414 e. The highest BCUT2D eigenvalue weighted by atomic mass is 32.1. The number of carbonyl (C=O) groups excluding carboxylic acids is 3. The van der Waals surface area contributed by atoms with Gasteiger partial charge in [0.2, 0.25) is 5.91 Å². The van der Waals surface area contributed by atoms with Crippen LogP contribution in [0.5, 0.6) is 0 Å². The van der Waals surface area contributed by atoms with Crippen molar-refractivity contribution in [3.05, 3.63) is 27.1 Å². The third-order valence-electron chi connectivity index (χ3n) is 4.04. The number of fused-ring (bicyclic) bond motifs is 1. The van der Waals surface area contributed by atoms with Crippen molar-refractivity contribution in [2.75, 3.05) is 19.7 Å². The quantitative estimate of drug-likeness (QED) is 0.795. The molecule has 10 heteroatoms. The van der Waals surface area contributed by atoms with Crippen LogP contribution < -0.4 is 10.9 Å². The van der Waals surface area contributed by atoms with Gasteiger partial charge in [-0.2, -0.15) is 0 Å². The first kappa shape index (κ1) is 20.6. The van der Waals surface area contributed by atoms with Gasteiger partial charge in [-0.1, -0.05) is 0 Å². The molecule has 3 amide bonds. The summed E-state index contributed by atoms with van der Waals surface area (Å²) < 4.78 is 5.92. The van der Waals surface area contributed by atoms with Crippen molar-refractivity contribution in [3.63, 3.8) is 0 Å². The summed E-state index contributed by atoms with van der Waals surface area (Å²) in [6, 6.07) is 0. The van der Waals surface area contributed by atoms with Gasteiger partial charge in [0.05, 0.1) is 23.2 Å². The Labute approximate surface area is 159 Å². The number of likely N-dealkylation sites (N-methyl/N-ethyl adjacent to an activating group) is 1. The molecule has 0 aliphatic heterocycles. The number of imide groups is 1. The summed E-state index contributed by atoms with van der Waals surface area (Å²) in [4.78, 5) is 55.2. The maximum atomic E-state index is 12.8. The molecule has 2 aromatic rings. The molecule has 0 bridgehead atoms. The van der Waals surface area contributed by atoms with E-state index in [9.17, 15) is 19.2 Å². The predicted molar refractivity (Wildman–Crippen MR) is 101 cm³/mol. The summed E-state index contributed by atoms with van der Waals surface area (Å²) in [6.45, 7) is 8.08. The van der Waals surface area contributed by atoms with Gasteiger partial charge in [0, 0.05) is 13.1 Å². The summed E-state index contributed by atoms with van der Waals surface area (Å²) in [5, 5.41) is 2.38. The van der Waals surface area contributed by atoms with E-state index in [4.69, 9.17) is 0 Å². The number of aryl methyl sites for hydroxylation is 1. The average Bonchev–Trinajstić information content (AvgIpc) is 2.96.